The van der Waals surface area contributed by atoms with Gasteiger partial charge in [-0.3, -0.25) is 4.79 Å². The number of rotatable bonds is 6. The van der Waals surface area contributed by atoms with E-state index in [4.69, 9.17) is 0 Å². The van der Waals surface area contributed by atoms with E-state index in [1.165, 1.54) is 24.3 Å². The molecule has 2 heterocycles. The van der Waals surface area contributed by atoms with Crippen molar-refractivity contribution in [3.8, 4) is 0 Å². The van der Waals surface area contributed by atoms with Gasteiger partial charge in [-0.25, -0.2) is 22.3 Å². The summed E-state index contributed by atoms with van der Waals surface area (Å²) in [5.74, 6) is -0.323. The maximum absolute atomic E-state index is 13.7. The number of hydrogen-bond acceptors (Lipinski definition) is 7. The molecule has 0 radical (unpaired) electrons. The van der Waals surface area contributed by atoms with Crippen LogP contribution in [0.1, 0.15) is 12.0 Å². The first kappa shape index (κ1) is 25.5. The number of benzene rings is 2. The average molecular weight is 517 g/mol. The summed E-state index contributed by atoms with van der Waals surface area (Å²) >= 11 is 0. The van der Waals surface area contributed by atoms with E-state index in [9.17, 15) is 22.4 Å². The number of carbonyl (C=O) groups is 2. The normalized spacial score (nSPS) is 16.7. The van der Waals surface area contributed by atoms with Gasteiger partial charge in [-0.1, -0.05) is 6.08 Å². The molecule has 1 atom stereocenters. The lowest BCUT2D eigenvalue weighted by Crippen LogP contribution is -2.55. The molecule has 192 valence electrons. The number of ether oxygens (including phenoxy) is 1. The number of anilines is 2. The molecule has 4 rings (SSSR count). The summed E-state index contributed by atoms with van der Waals surface area (Å²) in [4.78, 5) is 30.5. The zero-order chi connectivity index (χ0) is 25.9. The molecule has 0 saturated carbocycles. The lowest BCUT2D eigenvalue weighted by molar-refractivity contribution is -0.131. The molecule has 1 saturated heterocycles. The largest absolute Gasteiger partial charge is 0.452 e. The molecule has 2 aliphatic rings. The molecule has 0 aliphatic carbocycles. The maximum Gasteiger partial charge on any atom is 0.420 e. The molecule has 9 nitrogen and oxygen atoms in total. The van der Waals surface area contributed by atoms with Crippen molar-refractivity contribution < 1.29 is 27.1 Å². The van der Waals surface area contributed by atoms with E-state index in [1.807, 2.05) is 9.62 Å². The van der Waals surface area contributed by atoms with Gasteiger partial charge in [0.2, 0.25) is 5.91 Å². The van der Waals surface area contributed by atoms with Crippen LogP contribution >= 0.6 is 0 Å². The minimum absolute atomic E-state index is 0.0443. The highest BCUT2D eigenvalue weighted by atomic mass is 32.2. The average Bonchev–Trinajstić information content (AvgIpc) is 2.88. The Morgan fingerprint density at radius 3 is 2.42 bits per heavy atom. The number of aryl methyl sites for hydroxylation is 1. The van der Waals surface area contributed by atoms with E-state index in [2.05, 4.69) is 16.2 Å². The van der Waals surface area contributed by atoms with Crippen LogP contribution in [0.15, 0.2) is 60.0 Å². The highest BCUT2D eigenvalue weighted by Crippen LogP contribution is 2.30. The molecule has 2 aliphatic heterocycles. The Morgan fingerprint density at radius 1 is 1.08 bits per heavy atom. The molecule has 0 aromatic heterocycles. The van der Waals surface area contributed by atoms with Crippen molar-refractivity contribution in [1.82, 2.24) is 9.62 Å². The number of fused-ring (bicyclic) bond motifs is 1. The summed E-state index contributed by atoms with van der Waals surface area (Å²) in [5.41, 5.74) is 2.58. The molecular weight excluding hydrogens is 487 g/mol. The summed E-state index contributed by atoms with van der Waals surface area (Å²) < 4.78 is 44.3. The van der Waals surface area contributed by atoms with Crippen LogP contribution in [0.4, 0.5) is 20.6 Å². The number of carbonyl (C=O) groups excluding carboxylic acids is 2. The quantitative estimate of drug-likeness (QED) is 0.589. The third-order valence-corrected chi connectivity index (χ3v) is 7.84. The molecule has 0 unspecified atom stereocenters. The van der Waals surface area contributed by atoms with Crippen molar-refractivity contribution in [1.29, 1.82) is 0 Å². The van der Waals surface area contributed by atoms with Gasteiger partial charge in [0.15, 0.2) is 0 Å². The van der Waals surface area contributed by atoms with E-state index in [0.717, 1.165) is 36.9 Å². The number of hydrogen-bond donors (Lipinski definition) is 1. The first-order valence-electron chi connectivity index (χ1n) is 11.7. The Morgan fingerprint density at radius 2 is 1.78 bits per heavy atom. The van der Waals surface area contributed by atoms with Crippen LogP contribution in [0.5, 0.6) is 0 Å². The Kier molecular flexibility index (Phi) is 7.48. The Labute approximate surface area is 210 Å². The van der Waals surface area contributed by atoms with Gasteiger partial charge in [-0.05, 0) is 60.9 Å². The second-order valence-corrected chi connectivity index (χ2v) is 10.3. The van der Waals surface area contributed by atoms with Crippen LogP contribution in [0.3, 0.4) is 0 Å². The summed E-state index contributed by atoms with van der Waals surface area (Å²) in [5, 5.41) is 0. The smallest absolute Gasteiger partial charge is 0.420 e. The second kappa shape index (κ2) is 10.6. The molecule has 1 N–H and O–H groups in total. The Hall–Kier alpha value is -3.60. The monoisotopic (exact) mass is 516 g/mol. The molecular formula is C25H29FN4O5S. The fraction of sp³-hybridized carbons (Fsp3) is 0.360. The molecule has 0 spiro atoms. The summed E-state index contributed by atoms with van der Waals surface area (Å²) in [6.07, 6.45) is 2.20. The van der Waals surface area contributed by atoms with Gasteiger partial charge in [0.25, 0.3) is 10.0 Å². The van der Waals surface area contributed by atoms with Crippen LogP contribution in [-0.4, -0.2) is 71.2 Å². The number of amides is 2. The second-order valence-electron chi connectivity index (χ2n) is 8.65. The van der Waals surface area contributed by atoms with Gasteiger partial charge < -0.3 is 19.4 Å². The van der Waals surface area contributed by atoms with Crippen LogP contribution in [0.2, 0.25) is 0 Å². The Bertz CT molecular complexity index is 1240. The zero-order valence-corrected chi connectivity index (χ0v) is 20.8. The van der Waals surface area contributed by atoms with Gasteiger partial charge in [-0.15, -0.1) is 6.58 Å². The molecule has 2 aromatic carbocycles. The van der Waals surface area contributed by atoms with E-state index in [1.54, 1.807) is 29.2 Å². The van der Waals surface area contributed by atoms with E-state index in [0.29, 0.717) is 32.7 Å². The van der Waals surface area contributed by atoms with Crippen molar-refractivity contribution in [2.45, 2.75) is 23.8 Å². The number of nitrogens with one attached hydrogen (secondary N) is 1. The molecule has 36 heavy (non-hydrogen) atoms. The number of halogens is 1. The van der Waals surface area contributed by atoms with Crippen LogP contribution in [0.25, 0.3) is 0 Å². The lowest BCUT2D eigenvalue weighted by Gasteiger charge is -2.41. The zero-order valence-electron chi connectivity index (χ0n) is 20.0. The number of piperazine rings is 1. The topological polar surface area (TPSA) is 99.3 Å². The molecule has 2 aromatic rings. The first-order chi connectivity index (χ1) is 17.2. The minimum Gasteiger partial charge on any atom is -0.452 e. The molecule has 0 bridgehead atoms. The van der Waals surface area contributed by atoms with Gasteiger partial charge >= 0.3 is 6.09 Å². The fourth-order valence-corrected chi connectivity index (χ4v) is 5.58. The van der Waals surface area contributed by atoms with Crippen molar-refractivity contribution in [2.75, 3.05) is 49.6 Å². The van der Waals surface area contributed by atoms with Crippen molar-refractivity contribution >= 4 is 33.4 Å². The predicted octanol–water partition coefficient (Wildman–Crippen LogP) is 2.53. The Balaban J connectivity index is 1.40. The first-order valence-corrected chi connectivity index (χ1v) is 13.1. The highest BCUT2D eigenvalue weighted by Gasteiger charge is 2.32. The minimum atomic E-state index is -4.02. The van der Waals surface area contributed by atoms with Gasteiger partial charge in [0.05, 0.1) is 12.0 Å². The van der Waals surface area contributed by atoms with Gasteiger partial charge in [0, 0.05) is 44.1 Å². The van der Waals surface area contributed by atoms with E-state index < -0.39 is 22.2 Å². The maximum atomic E-state index is 13.7. The highest BCUT2D eigenvalue weighted by molar-refractivity contribution is 7.90. The SMILES string of the molecule is C=C[C@H](C(=O)N1CCN(c2ccc(S(=O)(=O)NC(=O)OC)cc2)CC1)N1CCCc2cc(F)ccc21. The van der Waals surface area contributed by atoms with Gasteiger partial charge in [-0.2, -0.15) is 0 Å². The van der Waals surface area contributed by atoms with Crippen molar-refractivity contribution in [3.63, 3.8) is 0 Å². The summed E-state index contributed by atoms with van der Waals surface area (Å²) in [6.45, 7) is 6.74. The number of sulfonamides is 1. The molecule has 2 amide bonds. The van der Waals surface area contributed by atoms with Crippen LogP contribution < -0.4 is 14.5 Å². The number of methoxy groups -OCH3 is 1. The van der Waals surface area contributed by atoms with E-state index >= 15 is 0 Å². The van der Waals surface area contributed by atoms with Gasteiger partial charge in [0.1, 0.15) is 11.9 Å². The van der Waals surface area contributed by atoms with Crippen LogP contribution in [-0.2, 0) is 26.0 Å². The molecule has 1 fully saturated rings. The lowest BCUT2D eigenvalue weighted by atomic mass is 9.99. The summed E-state index contributed by atoms with van der Waals surface area (Å²) in [7, 11) is -2.93. The third-order valence-electron chi connectivity index (χ3n) is 6.51. The standard InChI is InChI=1S/C25H29FN4O5S/c1-3-22(30-12-4-5-18-17-19(26)6-11-23(18)30)24(31)29-15-13-28(14-16-29)20-7-9-21(10-8-20)36(33,34)27-25(32)35-2/h3,6-11,17,22H,1,4-5,12-16H2,2H3,(H,27,32)/t22-/m1/s1. The van der Waals surface area contributed by atoms with E-state index in [-0.39, 0.29) is 16.6 Å². The summed E-state index contributed by atoms with van der Waals surface area (Å²) in [6, 6.07) is 10.3. The third kappa shape index (κ3) is 5.30. The molecule has 11 heteroatoms. The van der Waals surface area contributed by atoms with Crippen molar-refractivity contribution in [3.05, 3.63) is 66.5 Å². The predicted molar refractivity (Wildman–Crippen MR) is 134 cm³/mol. The van der Waals surface area contributed by atoms with Crippen LogP contribution in [0, 0.1) is 5.82 Å². The van der Waals surface area contributed by atoms with Crippen molar-refractivity contribution in [2.24, 2.45) is 0 Å². The number of nitrogens with zero attached hydrogens (tertiary/aromatic N) is 3. The fourth-order valence-electron chi connectivity index (χ4n) is 4.66.